The van der Waals surface area contributed by atoms with E-state index >= 15 is 0 Å². The average molecular weight is 282 g/mol. The Labute approximate surface area is 109 Å². The van der Waals surface area contributed by atoms with Crippen molar-refractivity contribution in [1.82, 2.24) is 14.5 Å². The smallest absolute Gasteiger partial charge is 0.250 e. The van der Waals surface area contributed by atoms with Crippen LogP contribution < -0.4 is 4.72 Å². The Hall–Kier alpha value is -1.69. The molecule has 2 aromatic heterocycles. The summed E-state index contributed by atoms with van der Waals surface area (Å²) >= 11 is 0.947. The van der Waals surface area contributed by atoms with E-state index in [9.17, 15) is 8.42 Å². The molecule has 2 aromatic rings. The highest BCUT2D eigenvalue weighted by Gasteiger charge is 2.17. The highest BCUT2D eigenvalue weighted by molar-refractivity contribution is 7.91. The first-order valence-corrected chi connectivity index (χ1v) is 7.29. The first-order chi connectivity index (χ1) is 8.53. The number of rotatable bonds is 4. The van der Waals surface area contributed by atoms with Crippen LogP contribution in [0.5, 0.6) is 0 Å². The number of nitrogens with zero attached hydrogens (tertiary/aromatic N) is 3. The summed E-state index contributed by atoms with van der Waals surface area (Å²) in [5.74, 6) is 0. The van der Waals surface area contributed by atoms with E-state index in [0.29, 0.717) is 4.88 Å². The zero-order valence-corrected chi connectivity index (χ0v) is 11.1. The third kappa shape index (κ3) is 2.59. The standard InChI is InChI=1S/C10H10N4O2S2/c1-14-8(4-5-12-14)7-13-18(15,16)10-3-2-9(6-11)17-10/h2-5,13H,7H2,1H3. The maximum absolute atomic E-state index is 11.9. The van der Waals surface area contributed by atoms with Crippen molar-refractivity contribution in [3.63, 3.8) is 0 Å². The molecule has 0 aliphatic carbocycles. The summed E-state index contributed by atoms with van der Waals surface area (Å²) in [6.07, 6.45) is 1.60. The van der Waals surface area contributed by atoms with Gasteiger partial charge in [-0.1, -0.05) is 0 Å². The van der Waals surface area contributed by atoms with Gasteiger partial charge in [0.25, 0.3) is 0 Å². The second-order valence-corrected chi connectivity index (χ2v) is 6.58. The molecule has 0 aliphatic heterocycles. The zero-order valence-electron chi connectivity index (χ0n) is 9.49. The van der Waals surface area contributed by atoms with Crippen LogP contribution in [0.3, 0.4) is 0 Å². The van der Waals surface area contributed by atoms with Gasteiger partial charge in [0, 0.05) is 13.2 Å². The number of hydrogen-bond acceptors (Lipinski definition) is 5. The minimum absolute atomic E-state index is 0.140. The Morgan fingerprint density at radius 2 is 2.28 bits per heavy atom. The van der Waals surface area contributed by atoms with Gasteiger partial charge in [0.2, 0.25) is 10.0 Å². The summed E-state index contributed by atoms with van der Waals surface area (Å²) < 4.78 is 28.1. The predicted molar refractivity (Wildman–Crippen MR) is 66.3 cm³/mol. The number of aryl methyl sites for hydroxylation is 1. The molecule has 1 N–H and O–H groups in total. The highest BCUT2D eigenvalue weighted by atomic mass is 32.2. The van der Waals surface area contributed by atoms with Gasteiger partial charge in [0.05, 0.1) is 12.2 Å². The Morgan fingerprint density at radius 1 is 1.50 bits per heavy atom. The van der Waals surface area contributed by atoms with Gasteiger partial charge >= 0.3 is 0 Å². The van der Waals surface area contributed by atoms with E-state index < -0.39 is 10.0 Å². The molecule has 6 nitrogen and oxygen atoms in total. The fourth-order valence-corrected chi connectivity index (χ4v) is 3.49. The van der Waals surface area contributed by atoms with Gasteiger partial charge in [0.1, 0.15) is 15.2 Å². The van der Waals surface area contributed by atoms with Crippen molar-refractivity contribution in [2.45, 2.75) is 10.8 Å². The lowest BCUT2D eigenvalue weighted by Crippen LogP contribution is -2.23. The Kier molecular flexibility index (Phi) is 3.47. The monoisotopic (exact) mass is 282 g/mol. The van der Waals surface area contributed by atoms with Gasteiger partial charge in [-0.25, -0.2) is 13.1 Å². The molecular weight excluding hydrogens is 272 g/mol. The summed E-state index contributed by atoms with van der Waals surface area (Å²) in [5.41, 5.74) is 0.760. The van der Waals surface area contributed by atoms with Crippen molar-refractivity contribution in [1.29, 1.82) is 5.26 Å². The van der Waals surface area contributed by atoms with Gasteiger partial charge in [-0.05, 0) is 18.2 Å². The van der Waals surface area contributed by atoms with Crippen LogP contribution in [0.25, 0.3) is 0 Å². The minimum atomic E-state index is -3.57. The van der Waals surface area contributed by atoms with Crippen LogP contribution >= 0.6 is 11.3 Å². The molecular formula is C10H10N4O2S2. The molecule has 0 fully saturated rings. The molecule has 0 saturated carbocycles. The molecule has 0 radical (unpaired) electrons. The van der Waals surface area contributed by atoms with Crippen LogP contribution in [-0.2, 0) is 23.6 Å². The maximum atomic E-state index is 11.9. The molecule has 0 spiro atoms. The van der Waals surface area contributed by atoms with E-state index in [1.54, 1.807) is 24.0 Å². The second-order valence-electron chi connectivity index (χ2n) is 3.50. The molecule has 0 unspecified atom stereocenters. The Balaban J connectivity index is 2.13. The van der Waals surface area contributed by atoms with Crippen molar-refractivity contribution in [2.24, 2.45) is 7.05 Å². The third-order valence-electron chi connectivity index (χ3n) is 2.32. The van der Waals surface area contributed by atoms with Crippen LogP contribution in [-0.4, -0.2) is 18.2 Å². The summed E-state index contributed by atoms with van der Waals surface area (Å²) in [7, 11) is -1.83. The predicted octanol–water partition coefficient (Wildman–Crippen LogP) is 0.832. The molecule has 0 saturated heterocycles. The number of thiophene rings is 1. The van der Waals surface area contributed by atoms with Crippen molar-refractivity contribution >= 4 is 21.4 Å². The molecule has 0 bridgehead atoms. The molecule has 18 heavy (non-hydrogen) atoms. The SMILES string of the molecule is Cn1nccc1CNS(=O)(=O)c1ccc(C#N)s1. The summed E-state index contributed by atoms with van der Waals surface area (Å²) in [4.78, 5) is 0.371. The van der Waals surface area contributed by atoms with Gasteiger partial charge in [-0.3, -0.25) is 4.68 Å². The lowest BCUT2D eigenvalue weighted by atomic mass is 10.4. The van der Waals surface area contributed by atoms with Crippen LogP contribution in [0.15, 0.2) is 28.6 Å². The van der Waals surface area contributed by atoms with E-state index in [-0.39, 0.29) is 10.8 Å². The summed E-state index contributed by atoms with van der Waals surface area (Å²) in [6, 6.07) is 6.56. The van der Waals surface area contributed by atoms with Gasteiger partial charge < -0.3 is 0 Å². The Morgan fingerprint density at radius 3 is 2.83 bits per heavy atom. The molecule has 2 rings (SSSR count). The first kappa shape index (κ1) is 12.8. The van der Waals surface area contributed by atoms with Crippen LogP contribution in [0, 0.1) is 11.3 Å². The van der Waals surface area contributed by atoms with E-state index in [0.717, 1.165) is 17.0 Å². The fourth-order valence-electron chi connectivity index (χ4n) is 1.34. The number of nitriles is 1. The Bertz CT molecular complexity index is 694. The van der Waals surface area contributed by atoms with Gasteiger partial charge in [-0.2, -0.15) is 10.4 Å². The topological polar surface area (TPSA) is 87.8 Å². The minimum Gasteiger partial charge on any atom is -0.271 e. The number of aromatic nitrogens is 2. The fraction of sp³-hybridized carbons (Fsp3) is 0.200. The molecule has 94 valence electrons. The lowest BCUT2D eigenvalue weighted by Gasteiger charge is -2.04. The zero-order chi connectivity index (χ0) is 13.2. The van der Waals surface area contributed by atoms with E-state index in [1.807, 2.05) is 6.07 Å². The third-order valence-corrected chi connectivity index (χ3v) is 5.21. The van der Waals surface area contributed by atoms with Crippen molar-refractivity contribution < 1.29 is 8.42 Å². The molecule has 0 atom stereocenters. The molecule has 0 aromatic carbocycles. The number of sulfonamides is 1. The van der Waals surface area contributed by atoms with E-state index in [1.165, 1.54) is 12.1 Å². The maximum Gasteiger partial charge on any atom is 0.250 e. The van der Waals surface area contributed by atoms with Crippen molar-refractivity contribution in [2.75, 3.05) is 0 Å². The van der Waals surface area contributed by atoms with Crippen LogP contribution in [0.2, 0.25) is 0 Å². The van der Waals surface area contributed by atoms with E-state index in [2.05, 4.69) is 9.82 Å². The number of nitrogens with one attached hydrogen (secondary N) is 1. The quantitative estimate of drug-likeness (QED) is 0.899. The van der Waals surface area contributed by atoms with Crippen molar-refractivity contribution in [3.8, 4) is 6.07 Å². The summed E-state index contributed by atoms with van der Waals surface area (Å²) in [5, 5.41) is 12.6. The average Bonchev–Trinajstić information content (AvgIpc) is 2.95. The lowest BCUT2D eigenvalue weighted by molar-refractivity contribution is 0.579. The molecule has 0 aliphatic rings. The van der Waals surface area contributed by atoms with E-state index in [4.69, 9.17) is 5.26 Å². The normalized spacial score (nSPS) is 11.3. The number of hydrogen-bond donors (Lipinski definition) is 1. The van der Waals surface area contributed by atoms with Crippen LogP contribution in [0.4, 0.5) is 0 Å². The van der Waals surface area contributed by atoms with Crippen LogP contribution in [0.1, 0.15) is 10.6 Å². The molecule has 0 amide bonds. The summed E-state index contributed by atoms with van der Waals surface area (Å²) in [6.45, 7) is 0.165. The highest BCUT2D eigenvalue weighted by Crippen LogP contribution is 2.20. The van der Waals surface area contributed by atoms with Gasteiger partial charge in [0.15, 0.2) is 0 Å². The molecule has 2 heterocycles. The second kappa shape index (κ2) is 4.89. The molecule has 8 heteroatoms. The largest absolute Gasteiger partial charge is 0.271 e. The van der Waals surface area contributed by atoms with Gasteiger partial charge in [-0.15, -0.1) is 11.3 Å². The first-order valence-electron chi connectivity index (χ1n) is 4.99. The van der Waals surface area contributed by atoms with Crippen molar-refractivity contribution in [3.05, 3.63) is 35.0 Å².